The number of allylic oxidation sites excluding steroid dienone is 2. The van der Waals surface area contributed by atoms with Crippen molar-refractivity contribution in [2.45, 2.75) is 13.8 Å². The van der Waals surface area contributed by atoms with Crippen molar-refractivity contribution in [1.82, 2.24) is 9.13 Å². The van der Waals surface area contributed by atoms with Gasteiger partial charge in [-0.1, -0.05) is 164 Å². The van der Waals surface area contributed by atoms with Crippen molar-refractivity contribution in [2.24, 2.45) is 0 Å². The van der Waals surface area contributed by atoms with Crippen LogP contribution < -0.4 is 5.32 Å². The van der Waals surface area contributed by atoms with E-state index in [9.17, 15) is 0 Å². The highest BCUT2D eigenvalue weighted by atomic mass is 15.0. The smallest absolute Gasteiger partial charge is 0.0541 e. The zero-order valence-electron chi connectivity index (χ0n) is 38.6. The second-order valence-corrected chi connectivity index (χ2v) is 17.8. The fraction of sp³-hybridized carbons (Fsp3) is 0.0303. The summed E-state index contributed by atoms with van der Waals surface area (Å²) in [6, 6.07) is 85.9. The molecule has 0 radical (unpaired) electrons. The molecule has 2 aromatic heterocycles. The lowest BCUT2D eigenvalue weighted by Crippen LogP contribution is -1.94. The molecule has 0 amide bonds. The first-order valence-electron chi connectivity index (χ1n) is 23.8. The first-order valence-corrected chi connectivity index (χ1v) is 23.8. The van der Waals surface area contributed by atoms with Crippen molar-refractivity contribution >= 4 is 72.7 Å². The number of nitrogens with one attached hydrogen (secondary N) is 1. The first kappa shape index (κ1) is 41.5. The fourth-order valence-corrected chi connectivity index (χ4v) is 10.2. The number of fused-ring (bicyclic) bond motifs is 6. The predicted octanol–water partition coefficient (Wildman–Crippen LogP) is 18.2. The number of para-hydroxylation sites is 4. The maximum atomic E-state index is 3.66. The number of hydrogen-bond acceptors (Lipinski definition) is 1. The summed E-state index contributed by atoms with van der Waals surface area (Å²) in [6.45, 7) is 4.27. The molecular weight excluding hydrogens is 835 g/mol. The summed E-state index contributed by atoms with van der Waals surface area (Å²) in [5, 5.41) is 8.57. The highest BCUT2D eigenvalue weighted by Crippen LogP contribution is 2.41. The van der Waals surface area contributed by atoms with E-state index in [2.05, 4.69) is 277 Å². The van der Waals surface area contributed by atoms with Crippen LogP contribution in [0.2, 0.25) is 0 Å². The molecule has 0 bridgehead atoms. The van der Waals surface area contributed by atoms with E-state index in [1.165, 1.54) is 88.1 Å². The molecule has 3 heteroatoms. The van der Waals surface area contributed by atoms with Gasteiger partial charge in [0.1, 0.15) is 0 Å². The third-order valence-corrected chi connectivity index (χ3v) is 13.6. The summed E-state index contributed by atoms with van der Waals surface area (Å²) in [5.74, 6) is 0. The maximum Gasteiger partial charge on any atom is 0.0541 e. The second-order valence-electron chi connectivity index (χ2n) is 17.8. The van der Waals surface area contributed by atoms with Crippen LogP contribution in [0.5, 0.6) is 0 Å². The number of aromatic nitrogens is 2. The summed E-state index contributed by atoms with van der Waals surface area (Å²) in [5.41, 5.74) is 21.1. The Labute approximate surface area is 403 Å². The first-order chi connectivity index (χ1) is 34.1. The topological polar surface area (TPSA) is 21.9 Å². The Morgan fingerprint density at radius 1 is 0.391 bits per heavy atom. The maximum absolute atomic E-state index is 3.66. The zero-order valence-corrected chi connectivity index (χ0v) is 38.6. The number of hydrogen-bond donors (Lipinski definition) is 1. The van der Waals surface area contributed by atoms with Crippen LogP contribution in [0.25, 0.3) is 106 Å². The molecule has 328 valence electrons. The van der Waals surface area contributed by atoms with E-state index in [1.54, 1.807) is 0 Å². The summed E-state index contributed by atoms with van der Waals surface area (Å²) in [6.07, 6.45) is 6.56. The van der Waals surface area contributed by atoms with E-state index in [0.29, 0.717) is 0 Å². The van der Waals surface area contributed by atoms with Crippen LogP contribution in [0.15, 0.2) is 243 Å². The van der Waals surface area contributed by atoms with Gasteiger partial charge in [-0.25, -0.2) is 0 Å². The average molecular weight is 884 g/mol. The molecule has 12 rings (SSSR count). The molecule has 0 spiro atoms. The largest absolute Gasteiger partial charge is 0.355 e. The molecule has 10 aromatic carbocycles. The van der Waals surface area contributed by atoms with E-state index in [0.717, 1.165) is 33.9 Å². The third-order valence-electron chi connectivity index (χ3n) is 13.6. The normalized spacial score (nSPS) is 11.9. The molecule has 12 aromatic rings. The van der Waals surface area contributed by atoms with Crippen molar-refractivity contribution < 1.29 is 0 Å². The Morgan fingerprint density at radius 3 is 1.57 bits per heavy atom. The average Bonchev–Trinajstić information content (AvgIpc) is 3.92. The minimum atomic E-state index is 1.06. The molecule has 69 heavy (non-hydrogen) atoms. The summed E-state index contributed by atoms with van der Waals surface area (Å²) in [4.78, 5) is 0. The van der Waals surface area contributed by atoms with Gasteiger partial charge in [-0.3, -0.25) is 0 Å². The van der Waals surface area contributed by atoms with Gasteiger partial charge < -0.3 is 14.5 Å². The molecule has 2 heterocycles. The van der Waals surface area contributed by atoms with Crippen LogP contribution in [-0.2, 0) is 0 Å². The minimum absolute atomic E-state index is 1.06. The lowest BCUT2D eigenvalue weighted by Gasteiger charge is -2.13. The van der Waals surface area contributed by atoms with Crippen LogP contribution in [-0.4, -0.2) is 9.13 Å². The highest BCUT2D eigenvalue weighted by Gasteiger charge is 2.18. The number of nitrogens with zero attached hydrogens (tertiary/aromatic N) is 2. The van der Waals surface area contributed by atoms with Crippen LogP contribution in [0, 0.1) is 0 Å². The van der Waals surface area contributed by atoms with Crippen molar-refractivity contribution in [3.8, 4) is 44.8 Å². The van der Waals surface area contributed by atoms with E-state index in [4.69, 9.17) is 0 Å². The Hall–Kier alpha value is -8.92. The SMILES string of the molecule is C/C=C/c1ccccc1/C=C(\C)c1ccc(-n2c3ccc(-c4cccc(-c5ccccc5Nc5ccccc5)c4)cc3c3cc(-c4ccc5c(c4)c4ccccc4n5-c4ccccc4)ccc32)cc1. The summed E-state index contributed by atoms with van der Waals surface area (Å²) >= 11 is 0. The van der Waals surface area contributed by atoms with Crippen molar-refractivity contribution in [2.75, 3.05) is 5.32 Å². The molecule has 0 aliphatic carbocycles. The fourth-order valence-electron chi connectivity index (χ4n) is 10.2. The van der Waals surface area contributed by atoms with Crippen LogP contribution in [0.4, 0.5) is 11.4 Å². The Kier molecular flexibility index (Phi) is 10.7. The van der Waals surface area contributed by atoms with E-state index in [1.807, 2.05) is 6.07 Å². The van der Waals surface area contributed by atoms with Crippen molar-refractivity contribution in [3.05, 3.63) is 259 Å². The van der Waals surface area contributed by atoms with Gasteiger partial charge in [0.2, 0.25) is 0 Å². The van der Waals surface area contributed by atoms with Gasteiger partial charge in [0.05, 0.1) is 22.1 Å². The van der Waals surface area contributed by atoms with Gasteiger partial charge in [0.15, 0.2) is 0 Å². The van der Waals surface area contributed by atoms with Gasteiger partial charge in [-0.2, -0.15) is 0 Å². The van der Waals surface area contributed by atoms with Crippen molar-refractivity contribution in [1.29, 1.82) is 0 Å². The molecule has 0 fully saturated rings. The Morgan fingerprint density at radius 2 is 0.899 bits per heavy atom. The Bertz CT molecular complexity index is 3920. The summed E-state index contributed by atoms with van der Waals surface area (Å²) in [7, 11) is 0. The molecular formula is C66H49N3. The van der Waals surface area contributed by atoms with Gasteiger partial charge >= 0.3 is 0 Å². The molecule has 1 N–H and O–H groups in total. The van der Waals surface area contributed by atoms with E-state index in [-0.39, 0.29) is 0 Å². The minimum Gasteiger partial charge on any atom is -0.355 e. The van der Waals surface area contributed by atoms with Crippen LogP contribution >= 0.6 is 0 Å². The number of rotatable bonds is 10. The molecule has 0 aliphatic rings. The quantitative estimate of drug-likeness (QED) is 0.136. The standard InChI is InChI=1S/C66H49N3/c1-3-17-47-18-10-11-19-48(47)40-45(2)46-30-35-56(36-31-46)69-65-38-32-50(49-20-16-21-53(41-49)57-26-12-14-28-62(57)67-54-22-6-4-7-23-54)43-60(65)61-44-52(34-39-66(61)69)51-33-37-64-59(42-51)58-27-13-15-29-63(58)68(64)55-24-8-5-9-25-55/h3-44,67H,1-2H3/b17-3+,45-40+. The lowest BCUT2D eigenvalue weighted by molar-refractivity contribution is 1.18. The van der Waals surface area contributed by atoms with Crippen LogP contribution in [0.1, 0.15) is 30.5 Å². The van der Waals surface area contributed by atoms with Gasteiger partial charge in [0, 0.05) is 49.9 Å². The highest BCUT2D eigenvalue weighted by molar-refractivity contribution is 6.13. The summed E-state index contributed by atoms with van der Waals surface area (Å²) < 4.78 is 4.81. The molecule has 0 saturated heterocycles. The molecule has 0 saturated carbocycles. The van der Waals surface area contributed by atoms with Gasteiger partial charge in [-0.05, 0) is 155 Å². The zero-order chi connectivity index (χ0) is 46.3. The third kappa shape index (κ3) is 7.70. The predicted molar refractivity (Wildman–Crippen MR) is 296 cm³/mol. The van der Waals surface area contributed by atoms with Crippen LogP contribution in [0.3, 0.4) is 0 Å². The molecule has 0 unspecified atom stereocenters. The number of anilines is 2. The van der Waals surface area contributed by atoms with Crippen molar-refractivity contribution in [3.63, 3.8) is 0 Å². The molecule has 3 nitrogen and oxygen atoms in total. The van der Waals surface area contributed by atoms with Gasteiger partial charge in [-0.15, -0.1) is 0 Å². The molecule has 0 aliphatic heterocycles. The Balaban J connectivity index is 0.990. The number of benzene rings is 10. The van der Waals surface area contributed by atoms with E-state index >= 15 is 0 Å². The second kappa shape index (κ2) is 17.7. The lowest BCUT2D eigenvalue weighted by atomic mass is 9.96. The van der Waals surface area contributed by atoms with E-state index < -0.39 is 0 Å². The monoisotopic (exact) mass is 883 g/mol. The van der Waals surface area contributed by atoms with Gasteiger partial charge in [0.25, 0.3) is 0 Å². The molecule has 0 atom stereocenters.